The minimum Gasteiger partial charge on any atom is -0.508 e. The first-order valence-corrected chi connectivity index (χ1v) is 7.07. The van der Waals surface area contributed by atoms with Gasteiger partial charge < -0.3 is 10.2 Å². The van der Waals surface area contributed by atoms with Gasteiger partial charge >= 0.3 is 0 Å². The fourth-order valence-corrected chi connectivity index (χ4v) is 1.86. The summed E-state index contributed by atoms with van der Waals surface area (Å²) in [4.78, 5) is 23.0. The van der Waals surface area contributed by atoms with Crippen LogP contribution in [-0.2, 0) is 4.79 Å². The molecule has 0 aliphatic carbocycles. The molecule has 0 radical (unpaired) electrons. The highest BCUT2D eigenvalue weighted by Gasteiger charge is 2.05. The SMILES string of the molecule is O=C(/C=C/c1cccc(C(=O)N/N=C/c2ccc(O)cc2O)c1)NO. The number of benzene rings is 2. The van der Waals surface area contributed by atoms with E-state index < -0.39 is 11.8 Å². The van der Waals surface area contributed by atoms with Crippen molar-refractivity contribution in [3.63, 3.8) is 0 Å². The standard InChI is InChI=1S/C17H15N3O5/c21-14-6-5-13(15(22)9-14)10-18-19-17(24)12-3-1-2-11(8-12)4-7-16(23)20-25/h1-10,21-22,25H,(H,19,24)(H,20,23)/b7-4+,18-10+. The fourth-order valence-electron chi connectivity index (χ4n) is 1.86. The molecule has 0 aromatic heterocycles. The van der Waals surface area contributed by atoms with Crippen molar-refractivity contribution in [3.05, 3.63) is 65.2 Å². The summed E-state index contributed by atoms with van der Waals surface area (Å²) in [6, 6.07) is 10.4. The average Bonchev–Trinajstić information content (AvgIpc) is 2.61. The number of carbonyl (C=O) groups is 2. The normalized spacial score (nSPS) is 10.9. The van der Waals surface area contributed by atoms with Crippen molar-refractivity contribution in [3.8, 4) is 11.5 Å². The summed E-state index contributed by atoms with van der Waals surface area (Å²) in [5.41, 5.74) is 4.98. The highest BCUT2D eigenvalue weighted by molar-refractivity contribution is 5.96. The maximum absolute atomic E-state index is 12.0. The second kappa shape index (κ2) is 8.27. The smallest absolute Gasteiger partial charge is 0.271 e. The van der Waals surface area contributed by atoms with Gasteiger partial charge in [0.2, 0.25) is 0 Å². The van der Waals surface area contributed by atoms with Crippen molar-refractivity contribution in [2.24, 2.45) is 5.10 Å². The molecule has 0 atom stereocenters. The van der Waals surface area contributed by atoms with Gasteiger partial charge in [0.05, 0.1) is 6.21 Å². The molecule has 0 aliphatic rings. The number of hydroxylamine groups is 1. The van der Waals surface area contributed by atoms with Crippen molar-refractivity contribution >= 4 is 24.1 Å². The molecule has 2 aromatic carbocycles. The van der Waals surface area contributed by atoms with E-state index in [0.717, 1.165) is 12.1 Å². The Kier molecular flexibility index (Phi) is 5.86. The maximum atomic E-state index is 12.0. The highest BCUT2D eigenvalue weighted by Crippen LogP contribution is 2.20. The second-order valence-electron chi connectivity index (χ2n) is 4.88. The molecule has 128 valence electrons. The van der Waals surface area contributed by atoms with Crippen molar-refractivity contribution in [1.82, 2.24) is 10.9 Å². The number of nitrogens with zero attached hydrogens (tertiary/aromatic N) is 1. The Hall–Kier alpha value is -3.65. The molecule has 0 saturated carbocycles. The number of amides is 2. The van der Waals surface area contributed by atoms with E-state index in [1.165, 1.54) is 36.0 Å². The third kappa shape index (κ3) is 5.19. The van der Waals surface area contributed by atoms with Gasteiger partial charge in [0.25, 0.3) is 11.8 Å². The maximum Gasteiger partial charge on any atom is 0.271 e. The second-order valence-corrected chi connectivity index (χ2v) is 4.88. The molecule has 8 heteroatoms. The number of phenolic OH excluding ortho intramolecular Hbond substituents is 2. The molecule has 0 spiro atoms. The summed E-state index contributed by atoms with van der Waals surface area (Å²) >= 11 is 0. The Balaban J connectivity index is 2.04. The lowest BCUT2D eigenvalue weighted by molar-refractivity contribution is -0.124. The topological polar surface area (TPSA) is 131 Å². The van der Waals surface area contributed by atoms with Crippen molar-refractivity contribution in [1.29, 1.82) is 0 Å². The zero-order valence-corrected chi connectivity index (χ0v) is 12.9. The summed E-state index contributed by atoms with van der Waals surface area (Å²) in [5, 5.41) is 31.0. The Bertz CT molecular complexity index is 846. The quantitative estimate of drug-likeness (QED) is 0.243. The van der Waals surface area contributed by atoms with E-state index in [1.54, 1.807) is 18.2 Å². The minimum atomic E-state index is -0.687. The van der Waals surface area contributed by atoms with Gasteiger partial charge in [0.1, 0.15) is 11.5 Å². The van der Waals surface area contributed by atoms with E-state index in [2.05, 4.69) is 10.5 Å². The van der Waals surface area contributed by atoms with Gasteiger partial charge in [-0.25, -0.2) is 10.9 Å². The van der Waals surface area contributed by atoms with Crippen LogP contribution in [0.3, 0.4) is 0 Å². The van der Waals surface area contributed by atoms with E-state index in [1.807, 2.05) is 0 Å². The van der Waals surface area contributed by atoms with Crippen molar-refractivity contribution < 1.29 is 25.0 Å². The van der Waals surface area contributed by atoms with Crippen LogP contribution in [0.4, 0.5) is 0 Å². The number of nitrogens with one attached hydrogen (secondary N) is 2. The van der Waals surface area contributed by atoms with Crippen molar-refractivity contribution in [2.75, 3.05) is 0 Å². The van der Waals surface area contributed by atoms with Crippen LogP contribution >= 0.6 is 0 Å². The number of hydrogen-bond donors (Lipinski definition) is 5. The molecule has 0 aliphatic heterocycles. The van der Waals surface area contributed by atoms with Crippen LogP contribution in [0, 0.1) is 0 Å². The molecule has 2 aromatic rings. The van der Waals surface area contributed by atoms with Gasteiger partial charge in [0, 0.05) is 23.3 Å². The van der Waals surface area contributed by atoms with Crippen LogP contribution in [-0.4, -0.2) is 33.4 Å². The van der Waals surface area contributed by atoms with E-state index in [0.29, 0.717) is 16.7 Å². The number of hydrazone groups is 1. The molecule has 8 nitrogen and oxygen atoms in total. The van der Waals surface area contributed by atoms with Crippen LogP contribution in [0.2, 0.25) is 0 Å². The predicted molar refractivity (Wildman–Crippen MR) is 90.2 cm³/mol. The van der Waals surface area contributed by atoms with Gasteiger partial charge in [-0.1, -0.05) is 12.1 Å². The first-order chi connectivity index (χ1) is 12.0. The van der Waals surface area contributed by atoms with Crippen LogP contribution < -0.4 is 10.9 Å². The number of hydrogen-bond acceptors (Lipinski definition) is 6. The van der Waals surface area contributed by atoms with Crippen LogP contribution in [0.25, 0.3) is 6.08 Å². The van der Waals surface area contributed by atoms with Gasteiger partial charge in [-0.05, 0) is 35.9 Å². The van der Waals surface area contributed by atoms with E-state index in [9.17, 15) is 19.8 Å². The molecule has 0 unspecified atom stereocenters. The fraction of sp³-hybridized carbons (Fsp3) is 0. The van der Waals surface area contributed by atoms with Gasteiger partial charge in [-0.3, -0.25) is 14.8 Å². The summed E-state index contributed by atoms with van der Waals surface area (Å²) in [6.07, 6.45) is 3.78. The third-order valence-electron chi connectivity index (χ3n) is 3.07. The lowest BCUT2D eigenvalue weighted by atomic mass is 10.1. The van der Waals surface area contributed by atoms with Crippen LogP contribution in [0.1, 0.15) is 21.5 Å². The van der Waals surface area contributed by atoms with Gasteiger partial charge in [-0.2, -0.15) is 5.10 Å². The molecule has 0 fully saturated rings. The minimum absolute atomic E-state index is 0.0848. The number of carbonyl (C=O) groups excluding carboxylic acids is 2. The lowest BCUT2D eigenvalue weighted by Gasteiger charge is -2.02. The van der Waals surface area contributed by atoms with Gasteiger partial charge in [0.15, 0.2) is 0 Å². The summed E-state index contributed by atoms with van der Waals surface area (Å²) in [6.45, 7) is 0. The molecule has 2 amide bonds. The Morgan fingerprint density at radius 1 is 1.08 bits per heavy atom. The molecular weight excluding hydrogens is 326 g/mol. The Morgan fingerprint density at radius 2 is 1.88 bits per heavy atom. The Morgan fingerprint density at radius 3 is 2.60 bits per heavy atom. The molecule has 0 bridgehead atoms. The molecule has 0 heterocycles. The number of rotatable bonds is 5. The number of phenols is 2. The Labute approximate surface area is 142 Å². The van der Waals surface area contributed by atoms with E-state index in [-0.39, 0.29) is 11.5 Å². The highest BCUT2D eigenvalue weighted by atomic mass is 16.5. The van der Waals surface area contributed by atoms with Crippen LogP contribution in [0.5, 0.6) is 11.5 Å². The lowest BCUT2D eigenvalue weighted by Crippen LogP contribution is -2.17. The molecular formula is C17H15N3O5. The molecule has 25 heavy (non-hydrogen) atoms. The summed E-state index contributed by atoms with van der Waals surface area (Å²) in [5.74, 6) is -1.43. The third-order valence-corrected chi connectivity index (χ3v) is 3.07. The molecule has 0 saturated heterocycles. The first kappa shape index (κ1) is 17.7. The molecule has 2 rings (SSSR count). The van der Waals surface area contributed by atoms with E-state index in [4.69, 9.17) is 5.21 Å². The molecule has 5 N–H and O–H groups in total. The zero-order valence-electron chi connectivity index (χ0n) is 12.9. The summed E-state index contributed by atoms with van der Waals surface area (Å²) < 4.78 is 0. The van der Waals surface area contributed by atoms with E-state index >= 15 is 0 Å². The average molecular weight is 341 g/mol. The van der Waals surface area contributed by atoms with Crippen LogP contribution in [0.15, 0.2) is 53.6 Å². The predicted octanol–water partition coefficient (Wildman–Crippen LogP) is 1.38. The zero-order chi connectivity index (χ0) is 18.2. The van der Waals surface area contributed by atoms with Crippen molar-refractivity contribution in [2.45, 2.75) is 0 Å². The largest absolute Gasteiger partial charge is 0.508 e. The summed E-state index contributed by atoms with van der Waals surface area (Å²) in [7, 11) is 0. The number of aromatic hydroxyl groups is 2. The monoisotopic (exact) mass is 341 g/mol. The first-order valence-electron chi connectivity index (χ1n) is 7.07. The van der Waals surface area contributed by atoms with Gasteiger partial charge in [-0.15, -0.1) is 0 Å².